The first-order valence-electron chi connectivity index (χ1n) is 10.9. The number of carbonyl (C=O) groups is 1. The van der Waals surface area contributed by atoms with E-state index in [1.807, 2.05) is 35.2 Å². The Morgan fingerprint density at radius 2 is 1.90 bits per heavy atom. The van der Waals surface area contributed by atoms with Gasteiger partial charge >= 0.3 is 0 Å². The Bertz CT molecular complexity index is 1100. The van der Waals surface area contributed by atoms with Crippen LogP contribution in [0, 0.1) is 5.92 Å². The van der Waals surface area contributed by atoms with Crippen LogP contribution in [0.5, 0.6) is 5.88 Å². The van der Waals surface area contributed by atoms with Crippen LogP contribution in [0.4, 0.5) is 0 Å². The predicted molar refractivity (Wildman–Crippen MR) is 126 cm³/mol. The van der Waals surface area contributed by atoms with Crippen LogP contribution in [-0.4, -0.2) is 35.0 Å². The Morgan fingerprint density at radius 1 is 1.10 bits per heavy atom. The molecular weight excluding hydrogens is 428 g/mol. The molecule has 2 aliphatic rings. The first-order chi connectivity index (χ1) is 15.1. The number of rotatable bonds is 5. The van der Waals surface area contributed by atoms with E-state index in [2.05, 4.69) is 23.4 Å². The number of aromatic nitrogens is 1. The van der Waals surface area contributed by atoms with Crippen molar-refractivity contribution < 1.29 is 9.53 Å². The second kappa shape index (κ2) is 8.64. The Morgan fingerprint density at radius 3 is 2.65 bits per heavy atom. The van der Waals surface area contributed by atoms with E-state index in [0.717, 1.165) is 60.3 Å². The summed E-state index contributed by atoms with van der Waals surface area (Å²) in [5, 5.41) is 2.73. The summed E-state index contributed by atoms with van der Waals surface area (Å²) in [4.78, 5) is 20.2. The van der Waals surface area contributed by atoms with Crippen LogP contribution in [0.1, 0.15) is 43.0 Å². The van der Waals surface area contributed by atoms with Gasteiger partial charge in [-0.3, -0.25) is 4.79 Å². The number of halogens is 1. The summed E-state index contributed by atoms with van der Waals surface area (Å²) >= 11 is 8.27. The fraction of sp³-hybridized carbons (Fsp3) is 0.360. The van der Waals surface area contributed by atoms with Gasteiger partial charge in [0.15, 0.2) is 0 Å². The Balaban J connectivity index is 1.34. The molecule has 31 heavy (non-hydrogen) atoms. The lowest BCUT2D eigenvalue weighted by molar-refractivity contribution is 0.0697. The van der Waals surface area contributed by atoms with Crippen molar-refractivity contribution >= 4 is 28.8 Å². The van der Waals surface area contributed by atoms with Crippen molar-refractivity contribution in [3.05, 3.63) is 58.6 Å². The van der Waals surface area contributed by atoms with Crippen LogP contribution >= 0.6 is 22.9 Å². The average Bonchev–Trinajstić information content (AvgIpc) is 3.45. The molecule has 3 heterocycles. The summed E-state index contributed by atoms with van der Waals surface area (Å²) in [6.45, 7) is 3.90. The molecule has 4 nitrogen and oxygen atoms in total. The standard InChI is InChI=1S/C25H25ClN2O2S/c1-16-7-10-28(11-8-16)25(29)18-2-5-21(22(26)12-18)23-13-19(15-31-23)17-6-9-27-24(14-17)30-20-3-4-20/h2,5-6,9,12-16,20H,3-4,7-8,10-11H2,1H3. The molecular formula is C25H25ClN2O2S. The maximum atomic E-state index is 12.9. The molecule has 0 atom stereocenters. The third kappa shape index (κ3) is 4.63. The van der Waals surface area contributed by atoms with Crippen LogP contribution in [-0.2, 0) is 0 Å². The third-order valence-electron chi connectivity index (χ3n) is 6.03. The Labute approximate surface area is 191 Å². The lowest BCUT2D eigenvalue weighted by Crippen LogP contribution is -2.37. The molecule has 1 aromatic carbocycles. The number of benzene rings is 1. The van der Waals surface area contributed by atoms with Gasteiger partial charge in [-0.2, -0.15) is 0 Å². The number of likely N-dealkylation sites (tertiary alicyclic amines) is 1. The summed E-state index contributed by atoms with van der Waals surface area (Å²) in [6.07, 6.45) is 6.48. The molecule has 0 radical (unpaired) electrons. The number of hydrogen-bond donors (Lipinski definition) is 0. The minimum atomic E-state index is 0.0761. The zero-order chi connectivity index (χ0) is 21.4. The average molecular weight is 453 g/mol. The maximum absolute atomic E-state index is 12.9. The molecule has 1 saturated carbocycles. The van der Waals surface area contributed by atoms with Crippen molar-refractivity contribution in [3.63, 3.8) is 0 Å². The number of nitrogens with zero attached hydrogens (tertiary/aromatic N) is 2. The number of hydrogen-bond acceptors (Lipinski definition) is 4. The predicted octanol–water partition coefficient (Wildman–Crippen LogP) is 6.54. The molecule has 1 aliphatic carbocycles. The Hall–Kier alpha value is -2.37. The van der Waals surface area contributed by atoms with Crippen LogP contribution in [0.3, 0.4) is 0 Å². The fourth-order valence-electron chi connectivity index (χ4n) is 3.88. The van der Waals surface area contributed by atoms with E-state index in [9.17, 15) is 4.79 Å². The van der Waals surface area contributed by atoms with Crippen molar-refractivity contribution in [1.29, 1.82) is 0 Å². The second-order valence-electron chi connectivity index (χ2n) is 8.57. The quantitative estimate of drug-likeness (QED) is 0.441. The van der Waals surface area contributed by atoms with Gasteiger partial charge in [-0.25, -0.2) is 4.98 Å². The molecule has 1 amide bonds. The van der Waals surface area contributed by atoms with Gasteiger partial charge in [0.25, 0.3) is 5.91 Å². The highest BCUT2D eigenvalue weighted by atomic mass is 35.5. The highest BCUT2D eigenvalue weighted by Gasteiger charge is 2.24. The number of pyridine rings is 1. The number of ether oxygens (including phenoxy) is 1. The largest absolute Gasteiger partial charge is 0.474 e. The maximum Gasteiger partial charge on any atom is 0.253 e. The Kier molecular flexibility index (Phi) is 5.72. The molecule has 0 spiro atoms. The monoisotopic (exact) mass is 452 g/mol. The summed E-state index contributed by atoms with van der Waals surface area (Å²) in [6, 6.07) is 11.8. The number of carbonyl (C=O) groups excluding carboxylic acids is 1. The van der Waals surface area contributed by atoms with E-state index in [4.69, 9.17) is 16.3 Å². The molecule has 160 valence electrons. The minimum absolute atomic E-state index is 0.0761. The normalized spacial score (nSPS) is 17.0. The van der Waals surface area contributed by atoms with Crippen molar-refractivity contribution in [2.24, 2.45) is 5.92 Å². The smallest absolute Gasteiger partial charge is 0.253 e. The van der Waals surface area contributed by atoms with E-state index in [-0.39, 0.29) is 5.91 Å². The van der Waals surface area contributed by atoms with E-state index in [1.54, 1.807) is 17.5 Å². The molecule has 5 rings (SSSR count). The van der Waals surface area contributed by atoms with Crippen molar-refractivity contribution in [1.82, 2.24) is 9.88 Å². The number of piperidine rings is 1. The zero-order valence-corrected chi connectivity index (χ0v) is 19.1. The van der Waals surface area contributed by atoms with Gasteiger partial charge in [0.05, 0.1) is 5.02 Å². The van der Waals surface area contributed by atoms with Crippen LogP contribution in [0.2, 0.25) is 5.02 Å². The summed E-state index contributed by atoms with van der Waals surface area (Å²) in [5.41, 5.74) is 3.80. The van der Waals surface area contributed by atoms with E-state index in [1.165, 1.54) is 0 Å². The molecule has 0 N–H and O–H groups in total. The van der Waals surface area contributed by atoms with E-state index < -0.39 is 0 Å². The fourth-order valence-corrected chi connectivity index (χ4v) is 5.18. The van der Waals surface area contributed by atoms with E-state index >= 15 is 0 Å². The van der Waals surface area contributed by atoms with Gasteiger partial charge < -0.3 is 9.64 Å². The van der Waals surface area contributed by atoms with Crippen molar-refractivity contribution in [2.45, 2.75) is 38.7 Å². The molecule has 0 unspecified atom stereocenters. The summed E-state index contributed by atoms with van der Waals surface area (Å²) in [5.74, 6) is 1.45. The molecule has 6 heteroatoms. The zero-order valence-electron chi connectivity index (χ0n) is 17.5. The van der Waals surface area contributed by atoms with Crippen LogP contribution in [0.25, 0.3) is 21.6 Å². The second-order valence-corrected chi connectivity index (χ2v) is 9.89. The van der Waals surface area contributed by atoms with Gasteiger partial charge in [0.1, 0.15) is 6.10 Å². The number of thiophene rings is 1. The van der Waals surface area contributed by atoms with Gasteiger partial charge in [-0.05, 0) is 72.4 Å². The SMILES string of the molecule is CC1CCN(C(=O)c2ccc(-c3cc(-c4ccnc(OC5CC5)c4)cs3)c(Cl)c2)CC1. The van der Waals surface area contributed by atoms with Gasteiger partial charge in [-0.1, -0.05) is 24.6 Å². The molecule has 1 saturated heterocycles. The molecule has 2 fully saturated rings. The van der Waals surface area contributed by atoms with Crippen molar-refractivity contribution in [2.75, 3.05) is 13.1 Å². The molecule has 1 aliphatic heterocycles. The lowest BCUT2D eigenvalue weighted by Gasteiger charge is -2.30. The van der Waals surface area contributed by atoms with Gasteiger partial charge in [0.2, 0.25) is 5.88 Å². The minimum Gasteiger partial charge on any atom is -0.474 e. The van der Waals surface area contributed by atoms with Crippen LogP contribution < -0.4 is 4.74 Å². The van der Waals surface area contributed by atoms with Crippen LogP contribution in [0.15, 0.2) is 48.0 Å². The highest BCUT2D eigenvalue weighted by Crippen LogP contribution is 2.37. The summed E-state index contributed by atoms with van der Waals surface area (Å²) in [7, 11) is 0. The first kappa shape index (κ1) is 20.5. The highest BCUT2D eigenvalue weighted by molar-refractivity contribution is 7.14. The van der Waals surface area contributed by atoms with Crippen molar-refractivity contribution in [3.8, 4) is 27.4 Å². The third-order valence-corrected chi connectivity index (χ3v) is 7.31. The topological polar surface area (TPSA) is 42.4 Å². The molecule has 0 bridgehead atoms. The molecule has 2 aromatic heterocycles. The molecule has 3 aromatic rings. The first-order valence-corrected chi connectivity index (χ1v) is 12.1. The summed E-state index contributed by atoms with van der Waals surface area (Å²) < 4.78 is 5.82. The van der Waals surface area contributed by atoms with Gasteiger partial charge in [-0.15, -0.1) is 11.3 Å². The van der Waals surface area contributed by atoms with E-state index in [0.29, 0.717) is 28.5 Å². The van der Waals surface area contributed by atoms with Gasteiger partial charge in [0, 0.05) is 41.4 Å². The lowest BCUT2D eigenvalue weighted by atomic mass is 9.98. The number of amides is 1.